The Bertz CT molecular complexity index is 281. The maximum absolute atomic E-state index is 5.57. The maximum atomic E-state index is 5.57. The highest BCUT2D eigenvalue weighted by molar-refractivity contribution is 5.23. The van der Waals surface area contributed by atoms with Gasteiger partial charge in [-0.3, -0.25) is 4.98 Å². The van der Waals surface area contributed by atoms with Crippen molar-refractivity contribution < 1.29 is 0 Å². The molecule has 0 amide bonds. The van der Waals surface area contributed by atoms with Gasteiger partial charge in [0, 0.05) is 11.9 Å². The lowest BCUT2D eigenvalue weighted by atomic mass is 10.0. The zero-order valence-electron chi connectivity index (χ0n) is 8.67. The molecule has 1 aromatic rings. The molecule has 13 heavy (non-hydrogen) atoms. The minimum atomic E-state index is 0.545. The molecule has 0 fully saturated rings. The van der Waals surface area contributed by atoms with Gasteiger partial charge in [-0.15, -0.1) is 0 Å². The second-order valence-electron chi connectivity index (χ2n) is 3.79. The predicted molar refractivity (Wildman–Crippen MR) is 55.6 cm³/mol. The molecule has 1 unspecified atom stereocenters. The Kier molecular flexibility index (Phi) is 3.43. The summed E-state index contributed by atoms with van der Waals surface area (Å²) in [5, 5.41) is 0. The van der Waals surface area contributed by atoms with Crippen molar-refractivity contribution in [3.05, 3.63) is 29.1 Å². The summed E-state index contributed by atoms with van der Waals surface area (Å²) in [5.41, 5.74) is 9.24. The molecule has 0 aliphatic rings. The molecule has 2 nitrogen and oxygen atoms in total. The van der Waals surface area contributed by atoms with Gasteiger partial charge in [-0.2, -0.15) is 0 Å². The van der Waals surface area contributed by atoms with Crippen LogP contribution in [-0.4, -0.2) is 11.5 Å². The van der Waals surface area contributed by atoms with Crippen LogP contribution in [0.15, 0.2) is 12.3 Å². The number of hydrogen-bond donors (Lipinski definition) is 1. The van der Waals surface area contributed by atoms with Gasteiger partial charge in [-0.05, 0) is 43.9 Å². The molecule has 2 N–H and O–H groups in total. The third-order valence-electron chi connectivity index (χ3n) is 2.38. The molecule has 0 saturated carbocycles. The van der Waals surface area contributed by atoms with Crippen LogP contribution in [0.1, 0.15) is 23.7 Å². The SMILES string of the molecule is Cc1cc(CC(C)CN)cnc1C. The first kappa shape index (κ1) is 10.2. The van der Waals surface area contributed by atoms with E-state index in [-0.39, 0.29) is 0 Å². The summed E-state index contributed by atoms with van der Waals surface area (Å²) in [6, 6.07) is 2.20. The highest BCUT2D eigenvalue weighted by Crippen LogP contribution is 2.10. The summed E-state index contributed by atoms with van der Waals surface area (Å²) in [6.45, 7) is 7.03. The summed E-state index contributed by atoms with van der Waals surface area (Å²) in [6.07, 6.45) is 2.99. The van der Waals surface area contributed by atoms with Crippen molar-refractivity contribution in [1.29, 1.82) is 0 Å². The van der Waals surface area contributed by atoms with Crippen molar-refractivity contribution in [3.8, 4) is 0 Å². The van der Waals surface area contributed by atoms with Crippen molar-refractivity contribution in [3.63, 3.8) is 0 Å². The van der Waals surface area contributed by atoms with Gasteiger partial charge in [0.25, 0.3) is 0 Å². The predicted octanol–water partition coefficient (Wildman–Crippen LogP) is 1.84. The van der Waals surface area contributed by atoms with Gasteiger partial charge in [0.05, 0.1) is 0 Å². The quantitative estimate of drug-likeness (QED) is 0.767. The van der Waals surface area contributed by atoms with E-state index < -0.39 is 0 Å². The van der Waals surface area contributed by atoms with Crippen LogP contribution in [0.25, 0.3) is 0 Å². The van der Waals surface area contributed by atoms with Gasteiger partial charge in [0.1, 0.15) is 0 Å². The van der Waals surface area contributed by atoms with Crippen LogP contribution < -0.4 is 5.73 Å². The Hall–Kier alpha value is -0.890. The highest BCUT2D eigenvalue weighted by Gasteiger charge is 2.02. The second-order valence-corrected chi connectivity index (χ2v) is 3.79. The molecule has 1 heterocycles. The number of aromatic nitrogens is 1. The molecule has 0 spiro atoms. The molecule has 0 radical (unpaired) electrons. The Morgan fingerprint density at radius 2 is 2.15 bits per heavy atom. The summed E-state index contributed by atoms with van der Waals surface area (Å²) in [7, 11) is 0. The Morgan fingerprint density at radius 3 is 2.69 bits per heavy atom. The van der Waals surface area contributed by atoms with Gasteiger partial charge < -0.3 is 5.73 Å². The third-order valence-corrected chi connectivity index (χ3v) is 2.38. The lowest BCUT2D eigenvalue weighted by Gasteiger charge is -2.09. The molecule has 1 aromatic heterocycles. The average molecular weight is 178 g/mol. The molecule has 0 aliphatic heterocycles. The molecule has 0 bridgehead atoms. The second kappa shape index (κ2) is 4.38. The minimum Gasteiger partial charge on any atom is -0.330 e. The van der Waals surface area contributed by atoms with Crippen LogP contribution in [-0.2, 0) is 6.42 Å². The zero-order chi connectivity index (χ0) is 9.84. The van der Waals surface area contributed by atoms with Crippen LogP contribution in [0.5, 0.6) is 0 Å². The van der Waals surface area contributed by atoms with Crippen LogP contribution in [0, 0.1) is 19.8 Å². The normalized spacial score (nSPS) is 12.9. The van der Waals surface area contributed by atoms with Crippen molar-refractivity contribution in [2.45, 2.75) is 27.2 Å². The van der Waals surface area contributed by atoms with Crippen LogP contribution in [0.2, 0.25) is 0 Å². The van der Waals surface area contributed by atoms with Crippen molar-refractivity contribution in [2.24, 2.45) is 11.7 Å². The van der Waals surface area contributed by atoms with Crippen molar-refractivity contribution >= 4 is 0 Å². The molecule has 1 atom stereocenters. The zero-order valence-corrected chi connectivity index (χ0v) is 8.67. The smallest absolute Gasteiger partial charge is 0.0401 e. The Morgan fingerprint density at radius 1 is 1.46 bits per heavy atom. The van der Waals surface area contributed by atoms with Crippen LogP contribution in [0.4, 0.5) is 0 Å². The van der Waals surface area contributed by atoms with Crippen LogP contribution >= 0.6 is 0 Å². The summed E-state index contributed by atoms with van der Waals surface area (Å²) in [4.78, 5) is 4.33. The summed E-state index contributed by atoms with van der Waals surface area (Å²) >= 11 is 0. The highest BCUT2D eigenvalue weighted by atomic mass is 14.7. The van der Waals surface area contributed by atoms with E-state index in [4.69, 9.17) is 5.73 Å². The molecule has 0 saturated heterocycles. The molecule has 0 aliphatic carbocycles. The van der Waals surface area contributed by atoms with E-state index in [2.05, 4.69) is 24.9 Å². The lowest BCUT2D eigenvalue weighted by Crippen LogP contribution is -2.13. The van der Waals surface area contributed by atoms with Gasteiger partial charge >= 0.3 is 0 Å². The van der Waals surface area contributed by atoms with E-state index in [1.54, 1.807) is 0 Å². The van der Waals surface area contributed by atoms with Gasteiger partial charge in [0.2, 0.25) is 0 Å². The molecular formula is C11H18N2. The number of aryl methyl sites for hydroxylation is 2. The number of hydrogen-bond acceptors (Lipinski definition) is 2. The molecule has 72 valence electrons. The van der Waals surface area contributed by atoms with E-state index >= 15 is 0 Å². The van der Waals surface area contributed by atoms with Crippen molar-refractivity contribution in [2.75, 3.05) is 6.54 Å². The fourth-order valence-electron chi connectivity index (χ4n) is 1.30. The third kappa shape index (κ3) is 2.81. The van der Waals surface area contributed by atoms with Gasteiger partial charge in [-0.25, -0.2) is 0 Å². The van der Waals surface area contributed by atoms with E-state index in [0.717, 1.165) is 18.7 Å². The molecular weight excluding hydrogens is 160 g/mol. The number of pyridine rings is 1. The average Bonchev–Trinajstić information content (AvgIpc) is 2.11. The standard InChI is InChI=1S/C11H18N2/c1-8(6-12)4-11-5-9(2)10(3)13-7-11/h5,7-8H,4,6,12H2,1-3H3. The first-order valence-electron chi connectivity index (χ1n) is 4.75. The fourth-order valence-corrected chi connectivity index (χ4v) is 1.30. The number of nitrogens with zero attached hydrogens (tertiary/aromatic N) is 1. The monoisotopic (exact) mass is 178 g/mol. The Labute approximate surface area is 80.2 Å². The lowest BCUT2D eigenvalue weighted by molar-refractivity contribution is 0.591. The summed E-state index contributed by atoms with van der Waals surface area (Å²) in [5.74, 6) is 0.545. The fraction of sp³-hybridized carbons (Fsp3) is 0.545. The minimum absolute atomic E-state index is 0.545. The first-order chi connectivity index (χ1) is 6.13. The molecule has 0 aromatic carbocycles. The van der Waals surface area contributed by atoms with E-state index in [1.807, 2.05) is 13.1 Å². The Balaban J connectivity index is 2.73. The van der Waals surface area contributed by atoms with E-state index in [0.29, 0.717) is 5.92 Å². The topological polar surface area (TPSA) is 38.9 Å². The van der Waals surface area contributed by atoms with Gasteiger partial charge in [0.15, 0.2) is 0 Å². The molecule has 1 rings (SSSR count). The van der Waals surface area contributed by atoms with E-state index in [1.165, 1.54) is 11.1 Å². The van der Waals surface area contributed by atoms with Crippen molar-refractivity contribution in [1.82, 2.24) is 4.98 Å². The van der Waals surface area contributed by atoms with Gasteiger partial charge in [-0.1, -0.05) is 13.0 Å². The number of rotatable bonds is 3. The number of nitrogens with two attached hydrogens (primary N) is 1. The van der Waals surface area contributed by atoms with E-state index in [9.17, 15) is 0 Å². The molecule has 2 heteroatoms. The van der Waals surface area contributed by atoms with Crippen LogP contribution in [0.3, 0.4) is 0 Å². The summed E-state index contributed by atoms with van der Waals surface area (Å²) < 4.78 is 0. The largest absolute Gasteiger partial charge is 0.330 e. The maximum Gasteiger partial charge on any atom is 0.0401 e. The first-order valence-corrected chi connectivity index (χ1v) is 4.75.